The third kappa shape index (κ3) is 5.91. The monoisotopic (exact) mass is 541 g/mol. The lowest BCUT2D eigenvalue weighted by Gasteiger charge is -2.18. The number of ether oxygens (including phenoxy) is 3. The average Bonchev–Trinajstić information content (AvgIpc) is 3.29. The Bertz CT molecular complexity index is 1470. The van der Waals surface area contributed by atoms with Crippen molar-refractivity contribution in [3.63, 3.8) is 0 Å². The zero-order valence-corrected chi connectivity index (χ0v) is 21.8. The topological polar surface area (TPSA) is 94.1 Å². The second-order valence-corrected chi connectivity index (χ2v) is 9.47. The van der Waals surface area contributed by atoms with E-state index in [2.05, 4.69) is 5.32 Å². The molecule has 40 heavy (non-hydrogen) atoms. The lowest BCUT2D eigenvalue weighted by Crippen LogP contribution is -2.42. The maximum Gasteiger partial charge on any atom is 0.407 e. The summed E-state index contributed by atoms with van der Waals surface area (Å²) >= 11 is 0. The van der Waals surface area contributed by atoms with E-state index in [-0.39, 0.29) is 31.4 Å². The van der Waals surface area contributed by atoms with Crippen LogP contribution in [0.4, 0.5) is 9.18 Å². The molecular formula is C32H28FNO6. The summed E-state index contributed by atoms with van der Waals surface area (Å²) in [6, 6.07) is 25.7. The summed E-state index contributed by atoms with van der Waals surface area (Å²) in [5.74, 6) is -0.814. The molecule has 1 aliphatic carbocycles. The van der Waals surface area contributed by atoms with Crippen molar-refractivity contribution < 1.29 is 33.3 Å². The molecule has 0 aliphatic heterocycles. The number of rotatable bonds is 10. The zero-order chi connectivity index (χ0) is 28.1. The minimum absolute atomic E-state index is 0.00354. The smallest absolute Gasteiger partial charge is 0.407 e. The Hall–Kier alpha value is -4.85. The number of carboxylic acid groups (broad SMARTS) is 1. The minimum atomic E-state index is -1.23. The van der Waals surface area contributed by atoms with Gasteiger partial charge in [-0.2, -0.15) is 0 Å². The molecule has 1 aliphatic rings. The normalized spacial score (nSPS) is 12.7. The van der Waals surface area contributed by atoms with Crippen molar-refractivity contribution in [2.75, 3.05) is 13.7 Å². The van der Waals surface area contributed by atoms with E-state index in [1.54, 1.807) is 30.3 Å². The lowest BCUT2D eigenvalue weighted by atomic mass is 9.98. The number of benzene rings is 4. The summed E-state index contributed by atoms with van der Waals surface area (Å²) < 4.78 is 30.0. The first-order chi connectivity index (χ1) is 19.4. The molecule has 5 rings (SSSR count). The van der Waals surface area contributed by atoms with Gasteiger partial charge in [-0.15, -0.1) is 0 Å². The highest BCUT2D eigenvalue weighted by Gasteiger charge is 2.30. The maximum absolute atomic E-state index is 13.2. The quantitative estimate of drug-likeness (QED) is 0.258. The number of nitrogens with one attached hydrogen (secondary N) is 1. The Morgan fingerprint density at radius 3 is 2.12 bits per heavy atom. The van der Waals surface area contributed by atoms with Gasteiger partial charge >= 0.3 is 12.1 Å². The first-order valence-electron chi connectivity index (χ1n) is 12.8. The van der Waals surface area contributed by atoms with Crippen LogP contribution in [-0.4, -0.2) is 36.9 Å². The first kappa shape index (κ1) is 26.7. The molecule has 0 aromatic heterocycles. The molecule has 7 nitrogen and oxygen atoms in total. The second-order valence-electron chi connectivity index (χ2n) is 9.47. The third-order valence-corrected chi connectivity index (χ3v) is 6.91. The van der Waals surface area contributed by atoms with Crippen LogP contribution in [0.5, 0.6) is 11.5 Å². The molecule has 0 heterocycles. The Balaban J connectivity index is 1.23. The fourth-order valence-corrected chi connectivity index (χ4v) is 4.92. The summed E-state index contributed by atoms with van der Waals surface area (Å²) in [7, 11) is 1.50. The van der Waals surface area contributed by atoms with Gasteiger partial charge in [-0.3, -0.25) is 0 Å². The van der Waals surface area contributed by atoms with Crippen LogP contribution in [0.3, 0.4) is 0 Å². The number of carboxylic acids is 1. The minimum Gasteiger partial charge on any atom is -0.493 e. The fourth-order valence-electron chi connectivity index (χ4n) is 4.92. The highest BCUT2D eigenvalue weighted by molar-refractivity contribution is 5.81. The van der Waals surface area contributed by atoms with Gasteiger partial charge in [0.05, 0.1) is 7.11 Å². The largest absolute Gasteiger partial charge is 0.493 e. The molecule has 204 valence electrons. The van der Waals surface area contributed by atoms with Crippen molar-refractivity contribution in [1.82, 2.24) is 5.32 Å². The van der Waals surface area contributed by atoms with Gasteiger partial charge < -0.3 is 24.6 Å². The van der Waals surface area contributed by atoms with Gasteiger partial charge in [0.25, 0.3) is 0 Å². The number of aliphatic carboxylic acids is 1. The number of methoxy groups -OCH3 is 1. The summed E-state index contributed by atoms with van der Waals surface area (Å²) in [4.78, 5) is 24.7. The predicted molar refractivity (Wildman–Crippen MR) is 147 cm³/mol. The summed E-state index contributed by atoms with van der Waals surface area (Å²) in [6.45, 7) is 0.247. The molecule has 2 N–H and O–H groups in total. The van der Waals surface area contributed by atoms with E-state index in [1.165, 1.54) is 19.2 Å². The van der Waals surface area contributed by atoms with E-state index >= 15 is 0 Å². The predicted octanol–water partition coefficient (Wildman–Crippen LogP) is 5.95. The van der Waals surface area contributed by atoms with E-state index in [9.17, 15) is 19.1 Å². The van der Waals surface area contributed by atoms with Gasteiger partial charge in [0, 0.05) is 12.3 Å². The molecule has 0 bridgehead atoms. The fraction of sp³-hybridized carbons (Fsp3) is 0.188. The van der Waals surface area contributed by atoms with E-state index in [0.717, 1.165) is 27.8 Å². The maximum atomic E-state index is 13.2. The van der Waals surface area contributed by atoms with Gasteiger partial charge in [-0.25, -0.2) is 14.0 Å². The van der Waals surface area contributed by atoms with E-state index in [1.807, 2.05) is 48.5 Å². The third-order valence-electron chi connectivity index (χ3n) is 6.91. The SMILES string of the molecule is COc1ccc(CC(NC(=O)OCC2c3ccccc3-c3ccccc32)C(=O)O)cc1OCc1ccc(F)cc1. The van der Waals surface area contributed by atoms with Gasteiger partial charge in [0.15, 0.2) is 11.5 Å². The number of hydrogen-bond acceptors (Lipinski definition) is 5. The number of amides is 1. The Labute approximate surface area is 231 Å². The van der Waals surface area contributed by atoms with Crippen molar-refractivity contribution in [2.45, 2.75) is 25.0 Å². The number of hydrogen-bond donors (Lipinski definition) is 2. The van der Waals surface area contributed by atoms with Crippen molar-refractivity contribution in [3.05, 3.63) is 119 Å². The lowest BCUT2D eigenvalue weighted by molar-refractivity contribution is -0.139. The summed E-state index contributed by atoms with van der Waals surface area (Å²) in [5.41, 5.74) is 5.71. The molecule has 8 heteroatoms. The van der Waals surface area contributed by atoms with Crippen LogP contribution in [0.1, 0.15) is 28.2 Å². The van der Waals surface area contributed by atoms with Crippen LogP contribution in [0.2, 0.25) is 0 Å². The van der Waals surface area contributed by atoms with Crippen LogP contribution >= 0.6 is 0 Å². The number of alkyl carbamates (subject to hydrolysis) is 1. The summed E-state index contributed by atoms with van der Waals surface area (Å²) in [5, 5.41) is 12.3. The highest BCUT2D eigenvalue weighted by Crippen LogP contribution is 2.44. The van der Waals surface area contributed by atoms with E-state index in [0.29, 0.717) is 17.1 Å². The van der Waals surface area contributed by atoms with Crippen molar-refractivity contribution in [2.24, 2.45) is 0 Å². The number of carbonyl (C=O) groups excluding carboxylic acids is 1. The van der Waals surface area contributed by atoms with Crippen LogP contribution in [0, 0.1) is 5.82 Å². The molecule has 1 atom stereocenters. The van der Waals surface area contributed by atoms with E-state index in [4.69, 9.17) is 14.2 Å². The molecule has 0 radical (unpaired) electrons. The molecule has 0 saturated carbocycles. The van der Waals surface area contributed by atoms with Gasteiger partial charge in [0.1, 0.15) is 25.1 Å². The Kier molecular flexibility index (Phi) is 7.96. The van der Waals surface area contributed by atoms with Gasteiger partial charge in [-0.05, 0) is 57.6 Å². The number of carbonyl (C=O) groups is 2. The van der Waals surface area contributed by atoms with Crippen LogP contribution in [0.15, 0.2) is 91.0 Å². The summed E-state index contributed by atoms with van der Waals surface area (Å²) in [6.07, 6.45) is -0.813. The molecule has 4 aromatic rings. The van der Waals surface area contributed by atoms with Crippen molar-refractivity contribution >= 4 is 12.1 Å². The molecule has 0 saturated heterocycles. The second kappa shape index (κ2) is 11.9. The van der Waals surface area contributed by atoms with E-state index < -0.39 is 18.1 Å². The van der Waals surface area contributed by atoms with Crippen LogP contribution in [0.25, 0.3) is 11.1 Å². The van der Waals surface area contributed by atoms with Crippen LogP contribution < -0.4 is 14.8 Å². The Morgan fingerprint density at radius 2 is 1.50 bits per heavy atom. The molecule has 1 unspecified atom stereocenters. The average molecular weight is 542 g/mol. The van der Waals surface area contributed by atoms with Crippen molar-refractivity contribution in [1.29, 1.82) is 0 Å². The Morgan fingerprint density at radius 1 is 0.875 bits per heavy atom. The molecular weight excluding hydrogens is 513 g/mol. The highest BCUT2D eigenvalue weighted by atomic mass is 19.1. The van der Waals surface area contributed by atoms with Crippen LogP contribution in [-0.2, 0) is 22.6 Å². The number of fused-ring (bicyclic) bond motifs is 3. The molecule has 0 spiro atoms. The van der Waals surface area contributed by atoms with Gasteiger partial charge in [0.2, 0.25) is 0 Å². The molecule has 4 aromatic carbocycles. The first-order valence-corrected chi connectivity index (χ1v) is 12.8. The standard InChI is InChI=1S/C32H28FNO6/c1-38-29-15-12-21(17-30(29)39-18-20-10-13-22(33)14-11-20)16-28(31(35)36)34-32(37)40-19-27-25-8-4-2-6-23(25)24-7-3-5-9-26(24)27/h2-15,17,27-28H,16,18-19H2,1H3,(H,34,37)(H,35,36). The van der Waals surface area contributed by atoms with Gasteiger partial charge in [-0.1, -0.05) is 66.7 Å². The molecule has 0 fully saturated rings. The molecule has 1 amide bonds. The number of halogens is 1. The van der Waals surface area contributed by atoms with Crippen molar-refractivity contribution in [3.8, 4) is 22.6 Å². The zero-order valence-electron chi connectivity index (χ0n) is 21.8.